The number of nitrogens with two attached hydrogens (primary N) is 2. The molecule has 4 nitrogen and oxygen atoms in total. The molecular weight excluding hydrogens is 206 g/mol. The molecule has 6 N–H and O–H groups in total. The van der Waals surface area contributed by atoms with Gasteiger partial charge in [-0.15, -0.1) is 0 Å². The molecule has 0 aliphatic rings. The third-order valence-electron chi connectivity index (χ3n) is 2.06. The van der Waals surface area contributed by atoms with E-state index in [9.17, 15) is 19.0 Å². The molecule has 0 fully saturated rings. The molecule has 1 aromatic carbocycles. The lowest BCUT2D eigenvalue weighted by Gasteiger charge is -2.18. The van der Waals surface area contributed by atoms with Gasteiger partial charge < -0.3 is 21.7 Å². The number of hydrogen-bond donors (Lipinski definition) is 4. The third-order valence-corrected chi connectivity index (χ3v) is 2.06. The van der Waals surface area contributed by atoms with Gasteiger partial charge in [0.2, 0.25) is 0 Å². The van der Waals surface area contributed by atoms with Crippen LogP contribution in [0.3, 0.4) is 0 Å². The zero-order valence-electron chi connectivity index (χ0n) is 7.82. The van der Waals surface area contributed by atoms with E-state index in [1.807, 2.05) is 0 Å². The van der Waals surface area contributed by atoms with Gasteiger partial charge >= 0.3 is 0 Å². The highest BCUT2D eigenvalue weighted by atomic mass is 19.1. The van der Waals surface area contributed by atoms with Crippen LogP contribution in [0.25, 0.3) is 0 Å². The summed E-state index contributed by atoms with van der Waals surface area (Å²) in [6.07, 6.45) is -3.16. The summed E-state index contributed by atoms with van der Waals surface area (Å²) in [4.78, 5) is 0. The molecule has 0 heterocycles. The van der Waals surface area contributed by atoms with Crippen molar-refractivity contribution in [2.45, 2.75) is 12.2 Å². The number of aliphatic hydroxyl groups excluding tert-OH is 2. The first-order valence-corrected chi connectivity index (χ1v) is 4.28. The van der Waals surface area contributed by atoms with E-state index in [1.54, 1.807) is 0 Å². The van der Waals surface area contributed by atoms with Gasteiger partial charge in [-0.25, -0.2) is 8.78 Å². The van der Waals surface area contributed by atoms with E-state index < -0.39 is 29.4 Å². The Morgan fingerprint density at radius 1 is 1.27 bits per heavy atom. The van der Waals surface area contributed by atoms with Crippen molar-refractivity contribution in [3.8, 4) is 0 Å². The van der Waals surface area contributed by atoms with Crippen LogP contribution in [0.1, 0.15) is 11.7 Å². The van der Waals surface area contributed by atoms with Gasteiger partial charge in [0, 0.05) is 6.54 Å². The standard InChI is InChI=1S/C9H12F2N2O2/c10-4-1-2-5(13)8(11)7(4)9(15)6(14)3-12/h1-2,6,9,14-15H,3,12-13H2. The maximum Gasteiger partial charge on any atom is 0.154 e. The molecular formula is C9H12F2N2O2. The Kier molecular flexibility index (Phi) is 3.57. The average molecular weight is 218 g/mol. The van der Waals surface area contributed by atoms with Crippen molar-refractivity contribution in [3.05, 3.63) is 29.3 Å². The molecule has 0 bridgehead atoms. The molecule has 0 aliphatic heterocycles. The number of rotatable bonds is 3. The van der Waals surface area contributed by atoms with Gasteiger partial charge in [0.1, 0.15) is 11.9 Å². The minimum Gasteiger partial charge on any atom is -0.396 e. The van der Waals surface area contributed by atoms with Gasteiger partial charge in [-0.1, -0.05) is 0 Å². The van der Waals surface area contributed by atoms with E-state index in [0.29, 0.717) is 0 Å². The second-order valence-electron chi connectivity index (χ2n) is 3.11. The summed E-state index contributed by atoms with van der Waals surface area (Å²) < 4.78 is 26.5. The molecule has 0 aliphatic carbocycles. The van der Waals surface area contributed by atoms with Crippen LogP contribution in [0, 0.1) is 11.6 Å². The SMILES string of the molecule is NCC(O)C(O)c1c(F)ccc(N)c1F. The topological polar surface area (TPSA) is 92.5 Å². The molecule has 0 saturated heterocycles. The minimum absolute atomic E-state index is 0.297. The van der Waals surface area contributed by atoms with E-state index in [2.05, 4.69) is 0 Å². The molecule has 1 aromatic rings. The van der Waals surface area contributed by atoms with Gasteiger partial charge in [0.25, 0.3) is 0 Å². The van der Waals surface area contributed by atoms with Crippen LogP contribution >= 0.6 is 0 Å². The lowest BCUT2D eigenvalue weighted by molar-refractivity contribution is 0.0200. The molecule has 15 heavy (non-hydrogen) atoms. The van der Waals surface area contributed by atoms with Crippen molar-refractivity contribution in [2.75, 3.05) is 12.3 Å². The molecule has 0 aromatic heterocycles. The maximum atomic E-state index is 13.3. The van der Waals surface area contributed by atoms with Crippen LogP contribution < -0.4 is 11.5 Å². The smallest absolute Gasteiger partial charge is 0.154 e. The van der Waals surface area contributed by atoms with E-state index in [1.165, 1.54) is 0 Å². The Balaban J connectivity index is 3.18. The summed E-state index contributed by atoms with van der Waals surface area (Å²) >= 11 is 0. The van der Waals surface area contributed by atoms with Crippen molar-refractivity contribution in [1.29, 1.82) is 0 Å². The maximum absolute atomic E-state index is 13.3. The van der Waals surface area contributed by atoms with Gasteiger partial charge in [-0.3, -0.25) is 0 Å². The summed E-state index contributed by atoms with van der Waals surface area (Å²) in [5, 5.41) is 18.6. The lowest BCUT2D eigenvalue weighted by atomic mass is 10.0. The number of aliphatic hydroxyl groups is 2. The van der Waals surface area contributed by atoms with E-state index >= 15 is 0 Å². The Hall–Kier alpha value is -1.24. The monoisotopic (exact) mass is 218 g/mol. The predicted octanol–water partition coefficient (Wildman–Crippen LogP) is -0.100. The highest BCUT2D eigenvalue weighted by molar-refractivity contribution is 5.44. The summed E-state index contributed by atoms with van der Waals surface area (Å²) in [7, 11) is 0. The molecule has 1 rings (SSSR count). The van der Waals surface area contributed by atoms with Crippen molar-refractivity contribution < 1.29 is 19.0 Å². The first-order chi connectivity index (χ1) is 6.99. The average Bonchev–Trinajstić information content (AvgIpc) is 2.22. The molecule has 0 amide bonds. The second-order valence-corrected chi connectivity index (χ2v) is 3.11. The van der Waals surface area contributed by atoms with Crippen LogP contribution in [0.2, 0.25) is 0 Å². The summed E-state index contributed by atoms with van der Waals surface area (Å²) in [6, 6.07) is 1.95. The van der Waals surface area contributed by atoms with Gasteiger partial charge in [0.05, 0.1) is 17.4 Å². The Labute approximate surface area is 85.1 Å². The van der Waals surface area contributed by atoms with Crippen molar-refractivity contribution >= 4 is 5.69 Å². The highest BCUT2D eigenvalue weighted by Gasteiger charge is 2.25. The summed E-state index contributed by atoms with van der Waals surface area (Å²) in [5.74, 6) is -2.04. The number of halogens is 2. The van der Waals surface area contributed by atoms with E-state index in [-0.39, 0.29) is 12.2 Å². The molecule has 0 saturated carbocycles. The number of anilines is 1. The Bertz CT molecular complexity index is 360. The fraction of sp³-hybridized carbons (Fsp3) is 0.333. The normalized spacial score (nSPS) is 15.0. The van der Waals surface area contributed by atoms with Crippen molar-refractivity contribution in [2.24, 2.45) is 5.73 Å². The number of nitrogen functional groups attached to an aromatic ring is 1. The van der Waals surface area contributed by atoms with Crippen LogP contribution in [-0.4, -0.2) is 22.9 Å². The van der Waals surface area contributed by atoms with Crippen LogP contribution in [0.4, 0.5) is 14.5 Å². The van der Waals surface area contributed by atoms with E-state index in [0.717, 1.165) is 12.1 Å². The third kappa shape index (κ3) is 2.23. The molecule has 0 spiro atoms. The largest absolute Gasteiger partial charge is 0.396 e. The van der Waals surface area contributed by atoms with Crippen molar-refractivity contribution in [1.82, 2.24) is 0 Å². The molecule has 84 valence electrons. The Morgan fingerprint density at radius 3 is 2.40 bits per heavy atom. The minimum atomic E-state index is -1.72. The van der Waals surface area contributed by atoms with Gasteiger partial charge in [0.15, 0.2) is 5.82 Å². The fourth-order valence-corrected chi connectivity index (χ4v) is 1.18. The predicted molar refractivity (Wildman–Crippen MR) is 50.8 cm³/mol. The lowest BCUT2D eigenvalue weighted by Crippen LogP contribution is -2.28. The number of hydrogen-bond acceptors (Lipinski definition) is 4. The molecule has 6 heteroatoms. The zero-order valence-corrected chi connectivity index (χ0v) is 7.82. The quantitative estimate of drug-likeness (QED) is 0.533. The van der Waals surface area contributed by atoms with Crippen molar-refractivity contribution in [3.63, 3.8) is 0 Å². The van der Waals surface area contributed by atoms with Crippen LogP contribution in [-0.2, 0) is 0 Å². The van der Waals surface area contributed by atoms with Crippen LogP contribution in [0.15, 0.2) is 12.1 Å². The van der Waals surface area contributed by atoms with Gasteiger partial charge in [-0.05, 0) is 12.1 Å². The molecule has 2 atom stereocenters. The van der Waals surface area contributed by atoms with E-state index in [4.69, 9.17) is 11.5 Å². The van der Waals surface area contributed by atoms with Crippen LogP contribution in [0.5, 0.6) is 0 Å². The zero-order chi connectivity index (χ0) is 11.6. The molecule has 2 unspecified atom stereocenters. The highest BCUT2D eigenvalue weighted by Crippen LogP contribution is 2.26. The fourth-order valence-electron chi connectivity index (χ4n) is 1.18. The summed E-state index contributed by atoms with van der Waals surface area (Å²) in [6.45, 7) is -0.311. The van der Waals surface area contributed by atoms with Gasteiger partial charge in [-0.2, -0.15) is 0 Å². The number of benzene rings is 1. The Morgan fingerprint density at radius 2 is 1.87 bits per heavy atom. The first-order valence-electron chi connectivity index (χ1n) is 4.28. The second kappa shape index (κ2) is 4.52. The molecule has 0 radical (unpaired) electrons. The summed E-state index contributed by atoms with van der Waals surface area (Å²) in [5.41, 5.74) is 9.31. The first kappa shape index (κ1) is 11.8.